The van der Waals surface area contributed by atoms with Gasteiger partial charge in [0.15, 0.2) is 0 Å². The number of carbonyl (C=O) groups excluding carboxylic acids is 1. The molecule has 2 aromatic rings. The molecule has 0 aliphatic heterocycles. The van der Waals surface area contributed by atoms with Crippen LogP contribution in [0.15, 0.2) is 48.5 Å². The van der Waals surface area contributed by atoms with Crippen molar-refractivity contribution >= 4 is 33.2 Å². The maximum atomic E-state index is 12.7. The minimum atomic E-state index is -3.65. The SMILES string of the molecule is Cc1ccc(Cl)cc1N(CC(=O)NC(C)CC(C)(C)c1ccccc1)S(C)(=O)=O. The van der Waals surface area contributed by atoms with Crippen LogP contribution in [0.3, 0.4) is 0 Å². The summed E-state index contributed by atoms with van der Waals surface area (Å²) < 4.78 is 25.8. The van der Waals surface area contributed by atoms with Crippen LogP contribution in [0, 0.1) is 6.92 Å². The number of hydrogen-bond donors (Lipinski definition) is 1. The van der Waals surface area contributed by atoms with E-state index in [0.29, 0.717) is 10.7 Å². The molecule has 1 unspecified atom stereocenters. The molecule has 0 saturated carbocycles. The van der Waals surface area contributed by atoms with Gasteiger partial charge in [0.1, 0.15) is 6.54 Å². The van der Waals surface area contributed by atoms with Crippen LogP contribution in [0.1, 0.15) is 38.3 Å². The van der Waals surface area contributed by atoms with Gasteiger partial charge in [-0.05, 0) is 48.9 Å². The summed E-state index contributed by atoms with van der Waals surface area (Å²) in [6.07, 6.45) is 1.81. The Morgan fingerprint density at radius 1 is 1.17 bits per heavy atom. The molecule has 0 fully saturated rings. The van der Waals surface area contributed by atoms with Gasteiger partial charge >= 0.3 is 0 Å². The molecule has 2 rings (SSSR count). The van der Waals surface area contributed by atoms with Crippen molar-refractivity contribution in [2.45, 2.75) is 45.6 Å². The molecule has 0 saturated heterocycles. The fraction of sp³-hybridized carbons (Fsp3) is 0.409. The lowest BCUT2D eigenvalue weighted by Crippen LogP contribution is -2.44. The molecule has 0 bridgehead atoms. The number of amides is 1. The van der Waals surface area contributed by atoms with Crippen LogP contribution < -0.4 is 9.62 Å². The van der Waals surface area contributed by atoms with Crippen molar-refractivity contribution in [1.82, 2.24) is 5.32 Å². The van der Waals surface area contributed by atoms with Gasteiger partial charge in [-0.1, -0.05) is 61.8 Å². The highest BCUT2D eigenvalue weighted by molar-refractivity contribution is 7.92. The molecule has 5 nitrogen and oxygen atoms in total. The maximum Gasteiger partial charge on any atom is 0.240 e. The van der Waals surface area contributed by atoms with E-state index in [1.54, 1.807) is 25.1 Å². The lowest BCUT2D eigenvalue weighted by molar-refractivity contribution is -0.120. The van der Waals surface area contributed by atoms with E-state index in [-0.39, 0.29) is 23.9 Å². The average Bonchev–Trinajstić information content (AvgIpc) is 2.61. The summed E-state index contributed by atoms with van der Waals surface area (Å²) in [4.78, 5) is 12.7. The normalized spacial score (nSPS) is 13.0. The van der Waals surface area contributed by atoms with Gasteiger partial charge < -0.3 is 5.32 Å². The van der Waals surface area contributed by atoms with Crippen LogP contribution >= 0.6 is 11.6 Å². The van der Waals surface area contributed by atoms with E-state index in [2.05, 4.69) is 31.3 Å². The number of rotatable bonds is 8. The van der Waals surface area contributed by atoms with E-state index in [1.165, 1.54) is 5.56 Å². The summed E-state index contributed by atoms with van der Waals surface area (Å²) in [6, 6.07) is 15.0. The van der Waals surface area contributed by atoms with Crippen LogP contribution in [0.25, 0.3) is 0 Å². The van der Waals surface area contributed by atoms with E-state index >= 15 is 0 Å². The second kappa shape index (κ2) is 9.18. The van der Waals surface area contributed by atoms with Crippen LogP contribution in [-0.4, -0.2) is 33.2 Å². The van der Waals surface area contributed by atoms with E-state index in [9.17, 15) is 13.2 Å². The monoisotopic (exact) mass is 436 g/mol. The molecule has 0 spiro atoms. The molecule has 1 N–H and O–H groups in total. The van der Waals surface area contributed by atoms with Gasteiger partial charge in [0.25, 0.3) is 0 Å². The zero-order valence-corrected chi connectivity index (χ0v) is 19.1. The maximum absolute atomic E-state index is 12.7. The van der Waals surface area contributed by atoms with Gasteiger partial charge in [-0.3, -0.25) is 9.10 Å². The van der Waals surface area contributed by atoms with Crippen molar-refractivity contribution in [1.29, 1.82) is 0 Å². The molecule has 0 heterocycles. The van der Waals surface area contributed by atoms with Gasteiger partial charge in [0, 0.05) is 11.1 Å². The second-order valence-corrected chi connectivity index (χ2v) is 10.5. The zero-order chi connectivity index (χ0) is 21.8. The highest BCUT2D eigenvalue weighted by Gasteiger charge is 2.26. The summed E-state index contributed by atoms with van der Waals surface area (Å²) in [6.45, 7) is 7.67. The predicted molar refractivity (Wildman–Crippen MR) is 120 cm³/mol. The minimum absolute atomic E-state index is 0.125. The molecule has 7 heteroatoms. The third kappa shape index (κ3) is 6.47. The first-order chi connectivity index (χ1) is 13.4. The fourth-order valence-electron chi connectivity index (χ4n) is 3.51. The smallest absolute Gasteiger partial charge is 0.240 e. The molecule has 0 aliphatic carbocycles. The summed E-state index contributed by atoms with van der Waals surface area (Å²) in [5.74, 6) is -0.355. The van der Waals surface area contributed by atoms with Crippen LogP contribution in [-0.2, 0) is 20.2 Å². The van der Waals surface area contributed by atoms with Gasteiger partial charge in [-0.25, -0.2) is 8.42 Å². The van der Waals surface area contributed by atoms with Gasteiger partial charge in [-0.15, -0.1) is 0 Å². The summed E-state index contributed by atoms with van der Waals surface area (Å²) in [5, 5.41) is 3.35. The number of anilines is 1. The van der Waals surface area contributed by atoms with Crippen molar-refractivity contribution in [2.75, 3.05) is 17.1 Å². The Hall–Kier alpha value is -2.05. The largest absolute Gasteiger partial charge is 0.352 e. The third-order valence-electron chi connectivity index (χ3n) is 4.91. The Kier molecular flexibility index (Phi) is 7.35. The van der Waals surface area contributed by atoms with Crippen molar-refractivity contribution < 1.29 is 13.2 Å². The molecule has 1 amide bonds. The van der Waals surface area contributed by atoms with Gasteiger partial charge in [0.05, 0.1) is 11.9 Å². The number of benzene rings is 2. The molecule has 0 radical (unpaired) electrons. The van der Waals surface area contributed by atoms with Gasteiger partial charge in [0.2, 0.25) is 15.9 Å². The number of halogens is 1. The highest BCUT2D eigenvalue weighted by atomic mass is 35.5. The van der Waals surface area contributed by atoms with Crippen molar-refractivity contribution in [2.24, 2.45) is 0 Å². The molecule has 1 atom stereocenters. The zero-order valence-electron chi connectivity index (χ0n) is 17.6. The van der Waals surface area contributed by atoms with E-state index < -0.39 is 10.0 Å². The summed E-state index contributed by atoms with van der Waals surface area (Å²) in [7, 11) is -3.65. The Morgan fingerprint density at radius 3 is 2.38 bits per heavy atom. The first kappa shape index (κ1) is 23.2. The minimum Gasteiger partial charge on any atom is -0.352 e. The quantitative estimate of drug-likeness (QED) is 0.671. The van der Waals surface area contributed by atoms with Crippen LogP contribution in [0.4, 0.5) is 5.69 Å². The molecule has 2 aromatic carbocycles. The molecule has 158 valence electrons. The number of carbonyl (C=O) groups is 1. The standard InChI is InChI=1S/C22H29ClN2O3S/c1-16-11-12-19(23)13-20(16)25(29(5,27)28)15-21(26)24-17(2)14-22(3,4)18-9-7-6-8-10-18/h6-13,17H,14-15H2,1-5H3,(H,24,26). The Bertz CT molecular complexity index is 959. The summed E-state index contributed by atoms with van der Waals surface area (Å²) in [5.41, 5.74) is 2.19. The highest BCUT2D eigenvalue weighted by Crippen LogP contribution is 2.28. The Morgan fingerprint density at radius 2 is 1.79 bits per heavy atom. The van der Waals surface area contributed by atoms with Crippen LogP contribution in [0.2, 0.25) is 5.02 Å². The lowest BCUT2D eigenvalue weighted by atomic mass is 9.79. The number of nitrogens with one attached hydrogen (secondary N) is 1. The molecule has 0 aromatic heterocycles. The van der Waals surface area contributed by atoms with Gasteiger partial charge in [-0.2, -0.15) is 0 Å². The van der Waals surface area contributed by atoms with Crippen molar-refractivity contribution in [3.63, 3.8) is 0 Å². The molecular weight excluding hydrogens is 408 g/mol. The summed E-state index contributed by atoms with van der Waals surface area (Å²) >= 11 is 6.04. The number of aryl methyl sites for hydroxylation is 1. The van der Waals surface area contributed by atoms with Crippen molar-refractivity contribution in [3.05, 3.63) is 64.7 Å². The molecular formula is C22H29ClN2O3S. The number of nitrogens with zero attached hydrogens (tertiary/aromatic N) is 1. The van der Waals surface area contributed by atoms with Crippen LogP contribution in [0.5, 0.6) is 0 Å². The average molecular weight is 437 g/mol. The Labute approximate surface area is 179 Å². The molecule has 0 aliphatic rings. The van der Waals surface area contributed by atoms with Crippen molar-refractivity contribution in [3.8, 4) is 0 Å². The fourth-order valence-corrected chi connectivity index (χ4v) is 4.58. The topological polar surface area (TPSA) is 66.5 Å². The lowest BCUT2D eigenvalue weighted by Gasteiger charge is -2.30. The second-order valence-electron chi connectivity index (χ2n) is 8.12. The third-order valence-corrected chi connectivity index (χ3v) is 6.27. The Balaban J connectivity index is 2.11. The van der Waals surface area contributed by atoms with E-state index in [1.807, 2.05) is 25.1 Å². The predicted octanol–water partition coefficient (Wildman–Crippen LogP) is 4.29. The first-order valence-corrected chi connectivity index (χ1v) is 11.7. The van der Waals surface area contributed by atoms with E-state index in [4.69, 9.17) is 11.6 Å². The first-order valence-electron chi connectivity index (χ1n) is 9.49. The number of sulfonamides is 1. The van der Waals surface area contributed by atoms with E-state index in [0.717, 1.165) is 22.5 Å². The molecule has 29 heavy (non-hydrogen) atoms. The number of hydrogen-bond acceptors (Lipinski definition) is 3.